The SMILES string of the molecule is CC1CCC(c2noc(-c3cc(Cl)c[nH]3)n2)CN1C(=O)c1ccc(F)nc1. The topological polar surface area (TPSA) is 87.9 Å². The molecule has 3 aromatic rings. The molecule has 9 heteroatoms. The summed E-state index contributed by atoms with van der Waals surface area (Å²) < 4.78 is 18.4. The van der Waals surface area contributed by atoms with E-state index in [1.54, 1.807) is 17.2 Å². The summed E-state index contributed by atoms with van der Waals surface area (Å²) in [5.41, 5.74) is 1.01. The zero-order valence-corrected chi connectivity index (χ0v) is 15.3. The first-order chi connectivity index (χ1) is 13.0. The molecular formula is C18H17ClFN5O2. The molecule has 1 fully saturated rings. The molecule has 3 aromatic heterocycles. The van der Waals surface area contributed by atoms with E-state index < -0.39 is 5.95 Å². The van der Waals surface area contributed by atoms with E-state index in [9.17, 15) is 9.18 Å². The molecule has 0 aliphatic carbocycles. The fourth-order valence-electron chi connectivity index (χ4n) is 3.27. The maximum atomic E-state index is 13.0. The number of piperidine rings is 1. The van der Waals surface area contributed by atoms with Crippen molar-refractivity contribution >= 4 is 17.5 Å². The summed E-state index contributed by atoms with van der Waals surface area (Å²) in [4.78, 5) is 25.6. The van der Waals surface area contributed by atoms with Gasteiger partial charge in [-0.05, 0) is 38.0 Å². The van der Waals surface area contributed by atoms with Crippen molar-refractivity contribution in [3.8, 4) is 11.6 Å². The second-order valence-electron chi connectivity index (χ2n) is 6.64. The van der Waals surface area contributed by atoms with Gasteiger partial charge in [0, 0.05) is 30.9 Å². The first kappa shape index (κ1) is 17.7. The molecular weight excluding hydrogens is 373 g/mol. The Kier molecular flexibility index (Phi) is 4.65. The van der Waals surface area contributed by atoms with Crippen LogP contribution in [-0.2, 0) is 0 Å². The van der Waals surface area contributed by atoms with E-state index in [-0.39, 0.29) is 17.9 Å². The zero-order valence-electron chi connectivity index (χ0n) is 14.5. The van der Waals surface area contributed by atoms with E-state index in [1.165, 1.54) is 18.3 Å². The molecule has 4 rings (SSSR count). The van der Waals surface area contributed by atoms with E-state index in [4.69, 9.17) is 16.1 Å². The van der Waals surface area contributed by atoms with Crippen LogP contribution in [0.15, 0.2) is 35.1 Å². The van der Waals surface area contributed by atoms with Crippen molar-refractivity contribution in [1.82, 2.24) is 25.0 Å². The van der Waals surface area contributed by atoms with Crippen molar-refractivity contribution in [1.29, 1.82) is 0 Å². The van der Waals surface area contributed by atoms with Gasteiger partial charge in [0.05, 0.1) is 10.6 Å². The summed E-state index contributed by atoms with van der Waals surface area (Å²) in [6.45, 7) is 2.45. The molecule has 0 aromatic carbocycles. The molecule has 0 bridgehead atoms. The maximum absolute atomic E-state index is 13.0. The molecule has 1 N–H and O–H groups in total. The van der Waals surface area contributed by atoms with Gasteiger partial charge in [-0.3, -0.25) is 4.79 Å². The van der Waals surface area contributed by atoms with E-state index in [1.807, 2.05) is 6.92 Å². The molecule has 27 heavy (non-hydrogen) atoms. The Morgan fingerprint density at radius 1 is 1.41 bits per heavy atom. The average Bonchev–Trinajstić information content (AvgIpc) is 3.31. The standard InChI is InChI=1S/C18H17ClFN5O2/c1-10-2-3-12(9-25(10)18(26)11-4-5-15(20)22-7-11)16-23-17(27-24-16)14-6-13(19)8-21-14/h4-8,10,12,21H,2-3,9H2,1H3. The number of amides is 1. The highest BCUT2D eigenvalue weighted by molar-refractivity contribution is 6.30. The molecule has 140 valence electrons. The Labute approximate surface area is 159 Å². The van der Waals surface area contributed by atoms with Crippen molar-refractivity contribution in [3.05, 3.63) is 53.0 Å². The number of H-pyrrole nitrogens is 1. The highest BCUT2D eigenvalue weighted by Gasteiger charge is 2.33. The number of aromatic nitrogens is 4. The normalized spacial score (nSPS) is 20.0. The highest BCUT2D eigenvalue weighted by atomic mass is 35.5. The lowest BCUT2D eigenvalue weighted by Gasteiger charge is -2.37. The molecule has 0 spiro atoms. The molecule has 1 aliphatic rings. The Hall–Kier alpha value is -2.74. The molecule has 2 unspecified atom stereocenters. The third kappa shape index (κ3) is 3.57. The summed E-state index contributed by atoms with van der Waals surface area (Å²) in [7, 11) is 0. The number of hydrogen-bond donors (Lipinski definition) is 1. The number of nitrogens with one attached hydrogen (secondary N) is 1. The van der Waals surface area contributed by atoms with Gasteiger partial charge in [-0.15, -0.1) is 0 Å². The van der Waals surface area contributed by atoms with Gasteiger partial charge in [-0.1, -0.05) is 16.8 Å². The summed E-state index contributed by atoms with van der Waals surface area (Å²) in [5.74, 6) is 0.0784. The quantitative estimate of drug-likeness (QED) is 0.690. The molecule has 1 saturated heterocycles. The number of likely N-dealkylation sites (tertiary alicyclic amines) is 1. The van der Waals surface area contributed by atoms with Crippen molar-refractivity contribution in [2.45, 2.75) is 31.7 Å². The average molecular weight is 390 g/mol. The number of halogens is 2. The lowest BCUT2D eigenvalue weighted by Crippen LogP contribution is -2.45. The van der Waals surface area contributed by atoms with Gasteiger partial charge in [0.1, 0.15) is 5.69 Å². The molecule has 0 saturated carbocycles. The van der Waals surface area contributed by atoms with E-state index in [0.29, 0.717) is 34.5 Å². The lowest BCUT2D eigenvalue weighted by atomic mass is 9.92. The highest BCUT2D eigenvalue weighted by Crippen LogP contribution is 2.31. The molecule has 0 radical (unpaired) electrons. The van der Waals surface area contributed by atoms with Crippen molar-refractivity contribution in [2.75, 3.05) is 6.54 Å². The van der Waals surface area contributed by atoms with Gasteiger partial charge in [0.25, 0.3) is 11.8 Å². The van der Waals surface area contributed by atoms with Crippen LogP contribution in [0.4, 0.5) is 4.39 Å². The molecule has 1 amide bonds. The predicted octanol–water partition coefficient (Wildman–Crippen LogP) is 3.66. The molecule has 4 heterocycles. The zero-order chi connectivity index (χ0) is 19.0. The van der Waals surface area contributed by atoms with Crippen LogP contribution in [0.3, 0.4) is 0 Å². The summed E-state index contributed by atoms with van der Waals surface area (Å²) >= 11 is 5.91. The van der Waals surface area contributed by atoms with Gasteiger partial charge < -0.3 is 14.4 Å². The number of rotatable bonds is 3. The molecule has 7 nitrogen and oxygen atoms in total. The number of nitrogens with zero attached hydrogens (tertiary/aromatic N) is 4. The van der Waals surface area contributed by atoms with Crippen LogP contribution in [0.2, 0.25) is 5.02 Å². The minimum absolute atomic E-state index is 0.0403. The number of aromatic amines is 1. The van der Waals surface area contributed by atoms with Gasteiger partial charge in [-0.25, -0.2) is 4.98 Å². The summed E-state index contributed by atoms with van der Waals surface area (Å²) in [6, 6.07) is 4.40. The predicted molar refractivity (Wildman–Crippen MR) is 95.8 cm³/mol. The van der Waals surface area contributed by atoms with E-state index >= 15 is 0 Å². The Morgan fingerprint density at radius 2 is 2.26 bits per heavy atom. The smallest absolute Gasteiger partial charge is 0.274 e. The molecule has 1 aliphatic heterocycles. The maximum Gasteiger partial charge on any atom is 0.274 e. The van der Waals surface area contributed by atoms with Crippen LogP contribution in [0.25, 0.3) is 11.6 Å². The third-order valence-electron chi connectivity index (χ3n) is 4.80. The summed E-state index contributed by atoms with van der Waals surface area (Å²) in [6.07, 6.45) is 4.55. The fourth-order valence-corrected chi connectivity index (χ4v) is 3.43. The second kappa shape index (κ2) is 7.11. The van der Waals surface area contributed by atoms with Gasteiger partial charge in [0.15, 0.2) is 5.82 Å². The number of hydrogen-bond acceptors (Lipinski definition) is 5. The van der Waals surface area contributed by atoms with Crippen LogP contribution < -0.4 is 0 Å². The first-order valence-corrected chi connectivity index (χ1v) is 8.99. The minimum atomic E-state index is -0.611. The number of carbonyl (C=O) groups is 1. The van der Waals surface area contributed by atoms with Crippen LogP contribution in [0.1, 0.15) is 41.9 Å². The van der Waals surface area contributed by atoms with Crippen molar-refractivity contribution < 1.29 is 13.7 Å². The Bertz CT molecular complexity index is 955. The van der Waals surface area contributed by atoms with Crippen molar-refractivity contribution in [3.63, 3.8) is 0 Å². The van der Waals surface area contributed by atoms with Crippen LogP contribution in [0, 0.1) is 5.95 Å². The van der Waals surface area contributed by atoms with Gasteiger partial charge in [-0.2, -0.15) is 9.37 Å². The third-order valence-corrected chi connectivity index (χ3v) is 5.02. The minimum Gasteiger partial charge on any atom is -0.356 e. The van der Waals surface area contributed by atoms with Crippen LogP contribution >= 0.6 is 11.6 Å². The van der Waals surface area contributed by atoms with E-state index in [2.05, 4.69) is 20.1 Å². The molecule has 2 atom stereocenters. The monoisotopic (exact) mass is 389 g/mol. The van der Waals surface area contributed by atoms with Crippen LogP contribution in [-0.4, -0.2) is 43.5 Å². The van der Waals surface area contributed by atoms with Crippen molar-refractivity contribution in [2.24, 2.45) is 0 Å². The van der Waals surface area contributed by atoms with Gasteiger partial charge in [0.2, 0.25) is 5.95 Å². The van der Waals surface area contributed by atoms with Gasteiger partial charge >= 0.3 is 0 Å². The number of pyridine rings is 1. The summed E-state index contributed by atoms with van der Waals surface area (Å²) in [5, 5.41) is 4.64. The van der Waals surface area contributed by atoms with Crippen LogP contribution in [0.5, 0.6) is 0 Å². The largest absolute Gasteiger partial charge is 0.356 e. The van der Waals surface area contributed by atoms with E-state index in [0.717, 1.165) is 12.8 Å². The lowest BCUT2D eigenvalue weighted by molar-refractivity contribution is 0.0604. The Morgan fingerprint density at radius 3 is 2.96 bits per heavy atom. The Balaban J connectivity index is 1.53. The first-order valence-electron chi connectivity index (χ1n) is 8.61. The number of carbonyl (C=O) groups excluding carboxylic acids is 1. The second-order valence-corrected chi connectivity index (χ2v) is 7.08. The fraction of sp³-hybridized carbons (Fsp3) is 0.333.